The standard InChI is InChI=1S/C44H26N4/c1-46-31-24-25-42-38(27-31)36-18-6-9-22-41(36)48(42)43-23-11-19-37(33-15-3-2-12-30(33)28-45)44(43)29-13-10-14-32(26-29)47-39-20-7-4-16-34(39)35-17-5-8-21-40(35)47/h2-27H. The molecule has 0 saturated heterocycles. The summed E-state index contributed by atoms with van der Waals surface area (Å²) in [6, 6.07) is 56.7. The highest BCUT2D eigenvalue weighted by molar-refractivity contribution is 6.12. The number of para-hydroxylation sites is 3. The number of rotatable bonds is 4. The van der Waals surface area contributed by atoms with Gasteiger partial charge in [0, 0.05) is 33.0 Å². The molecule has 0 atom stereocenters. The first-order valence-electron chi connectivity index (χ1n) is 15.9. The molecule has 0 amide bonds. The van der Waals surface area contributed by atoms with Gasteiger partial charge in [0.1, 0.15) is 0 Å². The third-order valence-electron chi connectivity index (χ3n) is 9.38. The van der Waals surface area contributed by atoms with Crippen LogP contribution in [0.5, 0.6) is 0 Å². The van der Waals surface area contributed by atoms with Crippen LogP contribution >= 0.6 is 0 Å². The fourth-order valence-corrected chi connectivity index (χ4v) is 7.36. The molecule has 9 rings (SSSR count). The van der Waals surface area contributed by atoms with Gasteiger partial charge in [-0.15, -0.1) is 0 Å². The van der Waals surface area contributed by atoms with E-state index in [1.807, 2.05) is 42.5 Å². The van der Waals surface area contributed by atoms with Crippen LogP contribution in [0.25, 0.3) is 82.1 Å². The number of hydrogen-bond acceptors (Lipinski definition) is 1. The van der Waals surface area contributed by atoms with Crippen molar-refractivity contribution in [3.63, 3.8) is 0 Å². The van der Waals surface area contributed by atoms with E-state index in [0.29, 0.717) is 11.3 Å². The van der Waals surface area contributed by atoms with Crippen molar-refractivity contribution >= 4 is 49.3 Å². The van der Waals surface area contributed by atoms with Gasteiger partial charge in [-0.2, -0.15) is 5.26 Å². The molecular formula is C44H26N4. The molecule has 2 heterocycles. The summed E-state index contributed by atoms with van der Waals surface area (Å²) in [6.07, 6.45) is 0. The zero-order valence-electron chi connectivity index (χ0n) is 25.8. The molecule has 0 N–H and O–H groups in total. The summed E-state index contributed by atoms with van der Waals surface area (Å²) in [7, 11) is 0. The van der Waals surface area contributed by atoms with E-state index in [2.05, 4.69) is 135 Å². The molecule has 0 saturated carbocycles. The van der Waals surface area contributed by atoms with E-state index in [0.717, 1.165) is 66.5 Å². The summed E-state index contributed by atoms with van der Waals surface area (Å²) in [5.41, 5.74) is 11.6. The van der Waals surface area contributed by atoms with Crippen molar-refractivity contribution in [2.24, 2.45) is 0 Å². The third-order valence-corrected chi connectivity index (χ3v) is 9.38. The number of fused-ring (bicyclic) bond motifs is 6. The van der Waals surface area contributed by atoms with Gasteiger partial charge in [-0.05, 0) is 71.1 Å². The molecule has 0 bridgehead atoms. The Morgan fingerprint density at radius 3 is 1.79 bits per heavy atom. The van der Waals surface area contributed by atoms with E-state index in [9.17, 15) is 5.26 Å². The van der Waals surface area contributed by atoms with Crippen molar-refractivity contribution in [2.45, 2.75) is 0 Å². The van der Waals surface area contributed by atoms with E-state index < -0.39 is 0 Å². The van der Waals surface area contributed by atoms with Gasteiger partial charge in [-0.3, -0.25) is 0 Å². The molecule has 4 nitrogen and oxygen atoms in total. The molecule has 0 spiro atoms. The number of aromatic nitrogens is 2. The van der Waals surface area contributed by atoms with Crippen LogP contribution in [-0.4, -0.2) is 9.13 Å². The zero-order chi connectivity index (χ0) is 32.2. The van der Waals surface area contributed by atoms with Gasteiger partial charge < -0.3 is 9.13 Å². The van der Waals surface area contributed by atoms with Gasteiger partial charge in [0.25, 0.3) is 0 Å². The molecule has 222 valence electrons. The van der Waals surface area contributed by atoms with Crippen LogP contribution in [0.4, 0.5) is 5.69 Å². The molecule has 0 aliphatic carbocycles. The maximum atomic E-state index is 10.2. The van der Waals surface area contributed by atoms with Crippen LogP contribution in [-0.2, 0) is 0 Å². The summed E-state index contributed by atoms with van der Waals surface area (Å²) in [5, 5.41) is 14.8. The Labute approximate surface area is 277 Å². The number of nitriles is 1. The second kappa shape index (κ2) is 10.9. The largest absolute Gasteiger partial charge is 0.309 e. The lowest BCUT2D eigenvalue weighted by atomic mass is 9.90. The average Bonchev–Trinajstić information content (AvgIpc) is 3.67. The van der Waals surface area contributed by atoms with Crippen molar-refractivity contribution in [1.29, 1.82) is 5.26 Å². The van der Waals surface area contributed by atoms with E-state index >= 15 is 0 Å². The van der Waals surface area contributed by atoms with Gasteiger partial charge in [0.15, 0.2) is 5.69 Å². The lowest BCUT2D eigenvalue weighted by Gasteiger charge is -2.20. The van der Waals surface area contributed by atoms with Crippen LogP contribution in [0.15, 0.2) is 158 Å². The maximum Gasteiger partial charge on any atom is 0.188 e. The molecule has 9 aromatic rings. The summed E-state index contributed by atoms with van der Waals surface area (Å²) >= 11 is 0. The normalized spacial score (nSPS) is 11.3. The van der Waals surface area contributed by atoms with Gasteiger partial charge >= 0.3 is 0 Å². The zero-order valence-corrected chi connectivity index (χ0v) is 25.8. The molecule has 0 aliphatic heterocycles. The fourth-order valence-electron chi connectivity index (χ4n) is 7.36. The van der Waals surface area contributed by atoms with Crippen molar-refractivity contribution in [1.82, 2.24) is 9.13 Å². The summed E-state index contributed by atoms with van der Waals surface area (Å²) in [4.78, 5) is 3.73. The predicted octanol–water partition coefficient (Wildman–Crippen LogP) is 11.6. The molecule has 2 aromatic heterocycles. The van der Waals surface area contributed by atoms with Crippen molar-refractivity contribution in [2.75, 3.05) is 0 Å². The lowest BCUT2D eigenvalue weighted by Crippen LogP contribution is -2.01. The monoisotopic (exact) mass is 610 g/mol. The van der Waals surface area contributed by atoms with Crippen LogP contribution in [0.2, 0.25) is 0 Å². The first kappa shape index (κ1) is 27.4. The average molecular weight is 611 g/mol. The highest BCUT2D eigenvalue weighted by Crippen LogP contribution is 2.43. The topological polar surface area (TPSA) is 38.0 Å². The van der Waals surface area contributed by atoms with Gasteiger partial charge in [0.2, 0.25) is 0 Å². The Balaban J connectivity index is 1.39. The molecule has 0 aliphatic rings. The Morgan fingerprint density at radius 1 is 0.500 bits per heavy atom. The van der Waals surface area contributed by atoms with Crippen LogP contribution in [0.1, 0.15) is 5.56 Å². The Morgan fingerprint density at radius 2 is 1.08 bits per heavy atom. The molecule has 0 unspecified atom stereocenters. The molecular weight excluding hydrogens is 585 g/mol. The molecule has 0 radical (unpaired) electrons. The number of nitrogens with zero attached hydrogens (tertiary/aromatic N) is 4. The third kappa shape index (κ3) is 4.07. The Kier molecular flexibility index (Phi) is 6.22. The molecule has 48 heavy (non-hydrogen) atoms. The van der Waals surface area contributed by atoms with Crippen molar-refractivity contribution in [3.8, 4) is 39.7 Å². The number of hydrogen-bond donors (Lipinski definition) is 0. The molecule has 4 heteroatoms. The Hall–Kier alpha value is -6.88. The summed E-state index contributed by atoms with van der Waals surface area (Å²) in [6.45, 7) is 7.68. The second-order valence-corrected chi connectivity index (χ2v) is 11.9. The van der Waals surface area contributed by atoms with E-state index in [1.54, 1.807) is 0 Å². The van der Waals surface area contributed by atoms with E-state index in [4.69, 9.17) is 6.57 Å². The van der Waals surface area contributed by atoms with Crippen LogP contribution in [0.3, 0.4) is 0 Å². The highest BCUT2D eigenvalue weighted by atomic mass is 15.0. The summed E-state index contributed by atoms with van der Waals surface area (Å²) in [5.74, 6) is 0. The molecule has 0 fully saturated rings. The van der Waals surface area contributed by atoms with E-state index in [1.165, 1.54) is 10.8 Å². The fraction of sp³-hybridized carbons (Fsp3) is 0. The minimum Gasteiger partial charge on any atom is -0.309 e. The highest BCUT2D eigenvalue weighted by Gasteiger charge is 2.21. The smallest absolute Gasteiger partial charge is 0.188 e. The van der Waals surface area contributed by atoms with Crippen molar-refractivity contribution in [3.05, 3.63) is 175 Å². The van der Waals surface area contributed by atoms with Gasteiger partial charge in [0.05, 0.1) is 46.0 Å². The lowest BCUT2D eigenvalue weighted by molar-refractivity contribution is 1.17. The SMILES string of the molecule is [C-]#[N+]c1ccc2c(c1)c1ccccc1n2-c1cccc(-c2ccccc2C#N)c1-c1cccc(-n2c3ccccc3c3ccccc32)c1. The first-order valence-corrected chi connectivity index (χ1v) is 15.9. The van der Waals surface area contributed by atoms with Crippen molar-refractivity contribution < 1.29 is 0 Å². The predicted molar refractivity (Wildman–Crippen MR) is 197 cm³/mol. The Bertz CT molecular complexity index is 2760. The van der Waals surface area contributed by atoms with Gasteiger partial charge in [-0.1, -0.05) is 103 Å². The minimum atomic E-state index is 0.612. The van der Waals surface area contributed by atoms with Gasteiger partial charge in [-0.25, -0.2) is 4.85 Å². The quantitative estimate of drug-likeness (QED) is 0.183. The van der Waals surface area contributed by atoms with Crippen LogP contribution in [0, 0.1) is 17.9 Å². The van der Waals surface area contributed by atoms with E-state index in [-0.39, 0.29) is 0 Å². The maximum absolute atomic E-state index is 10.2. The second-order valence-electron chi connectivity index (χ2n) is 11.9. The van der Waals surface area contributed by atoms with Crippen LogP contribution < -0.4 is 0 Å². The minimum absolute atomic E-state index is 0.612. The summed E-state index contributed by atoms with van der Waals surface area (Å²) < 4.78 is 4.64. The molecule has 7 aromatic carbocycles. The first-order chi connectivity index (χ1) is 23.7. The number of benzene rings is 7.